The van der Waals surface area contributed by atoms with Crippen molar-refractivity contribution >= 4 is 11.6 Å². The van der Waals surface area contributed by atoms with E-state index in [2.05, 4.69) is 5.32 Å². The molecule has 1 aromatic carbocycles. The molecule has 1 rings (SSSR count). The van der Waals surface area contributed by atoms with Gasteiger partial charge in [0.25, 0.3) is 0 Å². The molecule has 0 saturated heterocycles. The average molecular weight is 196 g/mol. The number of nitrogens with two attached hydrogens (primary N) is 1. The van der Waals surface area contributed by atoms with Gasteiger partial charge in [0.2, 0.25) is 5.91 Å². The molecule has 1 aromatic rings. The minimum atomic E-state index is -0.599. The maximum Gasteiger partial charge on any atom is 0.241 e. The smallest absolute Gasteiger partial charge is 0.241 e. The van der Waals surface area contributed by atoms with Crippen molar-refractivity contribution in [2.75, 3.05) is 5.32 Å². The van der Waals surface area contributed by atoms with Gasteiger partial charge in [-0.3, -0.25) is 4.79 Å². The van der Waals surface area contributed by atoms with Crippen molar-refractivity contribution in [3.05, 3.63) is 29.6 Å². The normalized spacial score (nSPS) is 12.3. The summed E-state index contributed by atoms with van der Waals surface area (Å²) >= 11 is 0. The Morgan fingerprint density at radius 3 is 2.79 bits per heavy atom. The summed E-state index contributed by atoms with van der Waals surface area (Å²) in [7, 11) is 0. The Hall–Kier alpha value is -1.42. The second kappa shape index (κ2) is 4.19. The average Bonchev–Trinajstić information content (AvgIpc) is 2.12. The number of rotatable bonds is 2. The van der Waals surface area contributed by atoms with Crippen LogP contribution in [0.4, 0.5) is 10.1 Å². The number of nitrogens with one attached hydrogen (secondary N) is 1. The zero-order valence-corrected chi connectivity index (χ0v) is 8.17. The van der Waals surface area contributed by atoms with E-state index < -0.39 is 6.04 Å². The fraction of sp³-hybridized carbons (Fsp3) is 0.300. The van der Waals surface area contributed by atoms with E-state index in [1.54, 1.807) is 26.0 Å². The minimum Gasteiger partial charge on any atom is -0.324 e. The van der Waals surface area contributed by atoms with E-state index >= 15 is 0 Å². The maximum atomic E-state index is 13.0. The zero-order chi connectivity index (χ0) is 10.7. The van der Waals surface area contributed by atoms with Crippen LogP contribution in [0, 0.1) is 12.7 Å². The van der Waals surface area contributed by atoms with Crippen LogP contribution in [0.2, 0.25) is 0 Å². The Kier molecular flexibility index (Phi) is 3.19. The minimum absolute atomic E-state index is 0.321. The summed E-state index contributed by atoms with van der Waals surface area (Å²) in [5.74, 6) is -0.661. The second-order valence-electron chi connectivity index (χ2n) is 3.19. The van der Waals surface area contributed by atoms with E-state index in [9.17, 15) is 9.18 Å². The third kappa shape index (κ3) is 2.29. The summed E-state index contributed by atoms with van der Waals surface area (Å²) in [6.07, 6.45) is 0. The lowest BCUT2D eigenvalue weighted by atomic mass is 10.2. The highest BCUT2D eigenvalue weighted by atomic mass is 19.1. The van der Waals surface area contributed by atoms with E-state index in [4.69, 9.17) is 5.73 Å². The number of anilines is 1. The Bertz CT molecular complexity index is 350. The van der Waals surface area contributed by atoms with Gasteiger partial charge in [-0.2, -0.15) is 0 Å². The predicted molar refractivity (Wildman–Crippen MR) is 53.4 cm³/mol. The van der Waals surface area contributed by atoms with Gasteiger partial charge in [0.1, 0.15) is 5.82 Å². The van der Waals surface area contributed by atoms with E-state index in [1.165, 1.54) is 6.07 Å². The van der Waals surface area contributed by atoms with Crippen LogP contribution in [0.1, 0.15) is 12.5 Å². The lowest BCUT2D eigenvalue weighted by molar-refractivity contribution is -0.117. The van der Waals surface area contributed by atoms with E-state index in [-0.39, 0.29) is 11.7 Å². The van der Waals surface area contributed by atoms with Crippen LogP contribution in [-0.2, 0) is 4.79 Å². The van der Waals surface area contributed by atoms with Crippen LogP contribution in [0.25, 0.3) is 0 Å². The van der Waals surface area contributed by atoms with E-state index in [0.29, 0.717) is 11.3 Å². The van der Waals surface area contributed by atoms with E-state index in [1.807, 2.05) is 0 Å². The molecule has 0 spiro atoms. The number of hydrogen-bond acceptors (Lipinski definition) is 2. The fourth-order valence-electron chi connectivity index (χ4n) is 0.989. The van der Waals surface area contributed by atoms with Gasteiger partial charge in [-0.25, -0.2) is 4.39 Å². The van der Waals surface area contributed by atoms with Gasteiger partial charge >= 0.3 is 0 Å². The third-order valence-corrected chi connectivity index (χ3v) is 1.94. The zero-order valence-electron chi connectivity index (χ0n) is 8.17. The Balaban J connectivity index is 2.87. The Morgan fingerprint density at radius 1 is 1.57 bits per heavy atom. The molecule has 0 aliphatic rings. The van der Waals surface area contributed by atoms with Crippen LogP contribution in [0.15, 0.2) is 18.2 Å². The lowest BCUT2D eigenvalue weighted by Gasteiger charge is -2.10. The quantitative estimate of drug-likeness (QED) is 0.751. The van der Waals surface area contributed by atoms with Crippen LogP contribution in [0.5, 0.6) is 0 Å². The van der Waals surface area contributed by atoms with Gasteiger partial charge in [0.05, 0.1) is 6.04 Å². The molecular formula is C10H13FN2O. The van der Waals surface area contributed by atoms with Crippen molar-refractivity contribution < 1.29 is 9.18 Å². The van der Waals surface area contributed by atoms with Crippen molar-refractivity contribution in [1.82, 2.24) is 0 Å². The molecule has 0 fully saturated rings. The molecule has 0 unspecified atom stereocenters. The van der Waals surface area contributed by atoms with Gasteiger partial charge in [0, 0.05) is 11.3 Å². The van der Waals surface area contributed by atoms with Crippen LogP contribution < -0.4 is 11.1 Å². The van der Waals surface area contributed by atoms with Gasteiger partial charge in [-0.05, 0) is 26.0 Å². The first-order valence-corrected chi connectivity index (χ1v) is 4.34. The molecule has 0 aliphatic heterocycles. The topological polar surface area (TPSA) is 55.1 Å². The van der Waals surface area contributed by atoms with Crippen molar-refractivity contribution in [1.29, 1.82) is 0 Å². The SMILES string of the molecule is Cc1c(F)cccc1NC(=O)[C@@H](C)N. The van der Waals surface area contributed by atoms with Crippen molar-refractivity contribution in [3.8, 4) is 0 Å². The molecule has 76 valence electrons. The van der Waals surface area contributed by atoms with E-state index in [0.717, 1.165) is 0 Å². The number of halogens is 1. The first-order valence-electron chi connectivity index (χ1n) is 4.34. The van der Waals surface area contributed by atoms with Crippen LogP contribution >= 0.6 is 0 Å². The van der Waals surface area contributed by atoms with Gasteiger partial charge < -0.3 is 11.1 Å². The molecule has 1 amide bonds. The molecule has 4 heteroatoms. The number of amides is 1. The number of hydrogen-bond donors (Lipinski definition) is 2. The first-order chi connectivity index (χ1) is 6.52. The summed E-state index contributed by atoms with van der Waals surface area (Å²) < 4.78 is 13.0. The number of carbonyl (C=O) groups is 1. The van der Waals surface area contributed by atoms with Crippen molar-refractivity contribution in [2.45, 2.75) is 19.9 Å². The Labute approximate surface area is 82.1 Å². The molecule has 0 radical (unpaired) electrons. The largest absolute Gasteiger partial charge is 0.324 e. The first kappa shape index (κ1) is 10.7. The van der Waals surface area contributed by atoms with Crippen molar-refractivity contribution in [3.63, 3.8) is 0 Å². The molecule has 0 heterocycles. The summed E-state index contributed by atoms with van der Waals surface area (Å²) in [5, 5.41) is 2.55. The summed E-state index contributed by atoms with van der Waals surface area (Å²) in [4.78, 5) is 11.2. The highest BCUT2D eigenvalue weighted by Gasteiger charge is 2.10. The van der Waals surface area contributed by atoms with Crippen molar-refractivity contribution in [2.24, 2.45) is 5.73 Å². The molecule has 3 N–H and O–H groups in total. The Morgan fingerprint density at radius 2 is 2.21 bits per heavy atom. The summed E-state index contributed by atoms with van der Waals surface area (Å²) in [6.45, 7) is 3.18. The van der Waals surface area contributed by atoms with Crippen LogP contribution in [-0.4, -0.2) is 11.9 Å². The molecule has 0 saturated carbocycles. The standard InChI is InChI=1S/C10H13FN2O/c1-6-8(11)4-3-5-9(6)13-10(14)7(2)12/h3-5,7H,12H2,1-2H3,(H,13,14)/t7-/m1/s1. The molecular weight excluding hydrogens is 183 g/mol. The molecule has 0 aliphatic carbocycles. The monoisotopic (exact) mass is 196 g/mol. The molecule has 0 aromatic heterocycles. The highest BCUT2D eigenvalue weighted by Crippen LogP contribution is 2.17. The molecule has 3 nitrogen and oxygen atoms in total. The highest BCUT2D eigenvalue weighted by molar-refractivity contribution is 5.94. The lowest BCUT2D eigenvalue weighted by Crippen LogP contribution is -2.32. The van der Waals surface area contributed by atoms with Gasteiger partial charge in [-0.15, -0.1) is 0 Å². The molecule has 1 atom stereocenters. The maximum absolute atomic E-state index is 13.0. The second-order valence-corrected chi connectivity index (χ2v) is 3.19. The number of carbonyl (C=O) groups excluding carboxylic acids is 1. The number of benzene rings is 1. The molecule has 0 bridgehead atoms. The summed E-state index contributed by atoms with van der Waals surface area (Å²) in [6, 6.07) is 3.92. The van der Waals surface area contributed by atoms with Crippen LogP contribution in [0.3, 0.4) is 0 Å². The predicted octanol–water partition coefficient (Wildman–Crippen LogP) is 1.42. The fourth-order valence-corrected chi connectivity index (χ4v) is 0.989. The molecule has 14 heavy (non-hydrogen) atoms. The van der Waals surface area contributed by atoms with Gasteiger partial charge in [-0.1, -0.05) is 6.07 Å². The van der Waals surface area contributed by atoms with Gasteiger partial charge in [0.15, 0.2) is 0 Å². The summed E-state index contributed by atoms with van der Waals surface area (Å²) in [5.41, 5.74) is 6.25. The third-order valence-electron chi connectivity index (χ3n) is 1.94.